The largest absolute Gasteiger partial charge is 0.356 e. The standard InChI is InChI=1S/C36H34N6O3S2/c1-23-11-10-18-40-31(23)37-32(39-19-16-26(17-20-39)21-25-12-6-4-7-13-25)28(33(40)43)22-29-34(44)41(36(46)47-29)30-24(2)38(3)42(35(30)45)27-14-8-5-9-15-27/h4-15,18,22,26H,16-17,19-21H2,1-3H3/b29-22+. The van der Waals surface area contributed by atoms with E-state index >= 15 is 0 Å². The van der Waals surface area contributed by atoms with Gasteiger partial charge >= 0.3 is 0 Å². The molecule has 0 spiro atoms. The van der Waals surface area contributed by atoms with Crippen LogP contribution in [0.1, 0.15) is 35.2 Å². The fraction of sp³-hybridized carbons (Fsp3) is 0.250. The summed E-state index contributed by atoms with van der Waals surface area (Å²) in [6.07, 6.45) is 6.26. The lowest BCUT2D eigenvalue weighted by atomic mass is 9.90. The zero-order valence-electron chi connectivity index (χ0n) is 26.4. The number of aromatic nitrogens is 4. The third-order valence-corrected chi connectivity index (χ3v) is 10.5. The van der Waals surface area contributed by atoms with Crippen LogP contribution in [0.25, 0.3) is 17.4 Å². The number of piperidine rings is 1. The molecule has 2 aliphatic rings. The van der Waals surface area contributed by atoms with Gasteiger partial charge in [-0.3, -0.25) is 28.4 Å². The molecule has 238 valence electrons. The topological polar surface area (TPSA) is 84.8 Å². The van der Waals surface area contributed by atoms with Crippen LogP contribution in [0.4, 0.5) is 11.5 Å². The molecular formula is C36H34N6O3S2. The van der Waals surface area contributed by atoms with Crippen molar-refractivity contribution in [3.8, 4) is 5.69 Å². The second-order valence-electron chi connectivity index (χ2n) is 12.1. The number of hydrogen-bond donors (Lipinski definition) is 0. The van der Waals surface area contributed by atoms with Crippen molar-refractivity contribution in [2.24, 2.45) is 13.0 Å². The summed E-state index contributed by atoms with van der Waals surface area (Å²) in [7, 11) is 1.78. The van der Waals surface area contributed by atoms with E-state index < -0.39 is 5.91 Å². The van der Waals surface area contributed by atoms with Crippen LogP contribution in [-0.4, -0.2) is 42.1 Å². The second kappa shape index (κ2) is 12.5. The van der Waals surface area contributed by atoms with Gasteiger partial charge in [0.25, 0.3) is 17.0 Å². The number of benzene rings is 2. The van der Waals surface area contributed by atoms with Crippen LogP contribution in [-0.2, 0) is 18.3 Å². The summed E-state index contributed by atoms with van der Waals surface area (Å²) in [4.78, 5) is 50.7. The molecule has 5 aromatic rings. The molecule has 0 unspecified atom stereocenters. The van der Waals surface area contributed by atoms with Gasteiger partial charge in [-0.25, -0.2) is 9.67 Å². The molecule has 0 N–H and O–H groups in total. The van der Waals surface area contributed by atoms with Crippen molar-refractivity contribution in [1.82, 2.24) is 18.7 Å². The van der Waals surface area contributed by atoms with Crippen LogP contribution in [0.2, 0.25) is 0 Å². The highest BCUT2D eigenvalue weighted by atomic mass is 32.2. The first-order chi connectivity index (χ1) is 22.7. The van der Waals surface area contributed by atoms with Gasteiger partial charge in [0.1, 0.15) is 17.2 Å². The molecule has 2 aromatic carbocycles. The number of amides is 1. The number of pyridine rings is 1. The van der Waals surface area contributed by atoms with Gasteiger partial charge in [0.05, 0.1) is 21.8 Å². The summed E-state index contributed by atoms with van der Waals surface area (Å²) in [6.45, 7) is 5.22. The zero-order valence-corrected chi connectivity index (χ0v) is 28.1. The maximum absolute atomic E-state index is 14.1. The van der Waals surface area contributed by atoms with Gasteiger partial charge in [-0.05, 0) is 74.4 Å². The first kappa shape index (κ1) is 30.9. The molecule has 0 bridgehead atoms. The van der Waals surface area contributed by atoms with E-state index in [0.29, 0.717) is 34.3 Å². The Morgan fingerprint density at radius 3 is 2.30 bits per heavy atom. The predicted molar refractivity (Wildman–Crippen MR) is 193 cm³/mol. The highest BCUT2D eigenvalue weighted by Gasteiger charge is 2.38. The van der Waals surface area contributed by atoms with Gasteiger partial charge in [-0.15, -0.1) is 0 Å². The Morgan fingerprint density at radius 2 is 1.60 bits per heavy atom. The van der Waals surface area contributed by atoms with Crippen molar-refractivity contribution in [3.63, 3.8) is 0 Å². The van der Waals surface area contributed by atoms with E-state index in [1.165, 1.54) is 19.5 Å². The molecule has 1 amide bonds. The molecule has 0 saturated carbocycles. The molecule has 2 saturated heterocycles. The minimum Gasteiger partial charge on any atom is -0.356 e. The minimum absolute atomic E-state index is 0.201. The van der Waals surface area contributed by atoms with E-state index in [4.69, 9.17) is 17.2 Å². The van der Waals surface area contributed by atoms with E-state index in [-0.39, 0.29) is 26.0 Å². The maximum Gasteiger partial charge on any atom is 0.296 e. The quantitative estimate of drug-likeness (QED) is 0.171. The number of thiocarbonyl (C=S) groups is 1. The second-order valence-corrected chi connectivity index (χ2v) is 13.8. The normalized spacial score (nSPS) is 16.6. The summed E-state index contributed by atoms with van der Waals surface area (Å²) in [5.74, 6) is 0.660. The molecule has 9 nitrogen and oxygen atoms in total. The Morgan fingerprint density at radius 1 is 0.915 bits per heavy atom. The lowest BCUT2D eigenvalue weighted by Gasteiger charge is -2.33. The van der Waals surface area contributed by atoms with Crippen LogP contribution in [0.5, 0.6) is 0 Å². The molecule has 7 rings (SSSR count). The van der Waals surface area contributed by atoms with Gasteiger partial charge in [0.15, 0.2) is 4.32 Å². The Bertz CT molecular complexity index is 2180. The SMILES string of the molecule is Cc1cccn2c(=O)c(/C=C3/SC(=S)N(c4c(C)n(C)n(-c5ccccc5)c4=O)C3=O)c(N3CCC(Cc4ccccc4)CC3)nc12. The average Bonchev–Trinajstić information content (AvgIpc) is 3.47. The third kappa shape index (κ3) is 5.53. The Kier molecular flexibility index (Phi) is 8.19. The molecule has 0 atom stereocenters. The van der Waals surface area contributed by atoms with Crippen LogP contribution >= 0.6 is 24.0 Å². The van der Waals surface area contributed by atoms with Crippen molar-refractivity contribution in [2.45, 2.75) is 33.1 Å². The number of fused-ring (bicyclic) bond motifs is 1. The Labute approximate surface area is 281 Å². The zero-order chi connectivity index (χ0) is 32.8. The van der Waals surface area contributed by atoms with Gasteiger partial charge in [0.2, 0.25) is 0 Å². The molecule has 3 aromatic heterocycles. The molecule has 5 heterocycles. The number of para-hydroxylation sites is 1. The van der Waals surface area contributed by atoms with Gasteiger partial charge in [-0.1, -0.05) is 78.6 Å². The van der Waals surface area contributed by atoms with E-state index in [1.807, 2.05) is 55.5 Å². The number of nitrogens with zero attached hydrogens (tertiary/aromatic N) is 6. The summed E-state index contributed by atoms with van der Waals surface area (Å²) >= 11 is 6.78. The first-order valence-corrected chi connectivity index (χ1v) is 16.9. The average molecular weight is 663 g/mol. The minimum atomic E-state index is -0.438. The summed E-state index contributed by atoms with van der Waals surface area (Å²) in [6, 6.07) is 23.5. The predicted octanol–water partition coefficient (Wildman–Crippen LogP) is 5.67. The number of hydrogen-bond acceptors (Lipinski definition) is 7. The summed E-state index contributed by atoms with van der Waals surface area (Å²) in [5, 5.41) is 0. The number of rotatable bonds is 6. The summed E-state index contributed by atoms with van der Waals surface area (Å²) < 4.78 is 5.01. The number of aryl methyl sites for hydroxylation is 1. The number of carbonyl (C=O) groups excluding carboxylic acids is 1. The highest BCUT2D eigenvalue weighted by molar-refractivity contribution is 8.27. The number of carbonyl (C=O) groups is 1. The van der Waals surface area contributed by atoms with Gasteiger partial charge < -0.3 is 4.90 Å². The van der Waals surface area contributed by atoms with Gasteiger partial charge in [-0.2, -0.15) is 0 Å². The Hall–Kier alpha value is -4.74. The molecule has 2 fully saturated rings. The van der Waals surface area contributed by atoms with Crippen LogP contribution < -0.4 is 20.9 Å². The third-order valence-electron chi connectivity index (χ3n) is 9.16. The maximum atomic E-state index is 14.1. The Balaban J connectivity index is 1.26. The van der Waals surface area contributed by atoms with Crippen LogP contribution in [0.15, 0.2) is 93.5 Å². The van der Waals surface area contributed by atoms with Crippen molar-refractivity contribution in [1.29, 1.82) is 0 Å². The van der Waals surface area contributed by atoms with Crippen molar-refractivity contribution in [3.05, 3.63) is 127 Å². The molecular weight excluding hydrogens is 629 g/mol. The lowest BCUT2D eigenvalue weighted by Crippen LogP contribution is -2.37. The van der Waals surface area contributed by atoms with Crippen LogP contribution in [0, 0.1) is 19.8 Å². The van der Waals surface area contributed by atoms with Crippen molar-refractivity contribution < 1.29 is 4.79 Å². The molecule has 11 heteroatoms. The number of anilines is 2. The molecule has 0 radical (unpaired) electrons. The van der Waals surface area contributed by atoms with E-state index in [0.717, 1.165) is 49.7 Å². The van der Waals surface area contributed by atoms with E-state index in [1.54, 1.807) is 30.9 Å². The molecule has 0 aliphatic carbocycles. The van der Waals surface area contributed by atoms with E-state index in [2.05, 4.69) is 29.2 Å². The van der Waals surface area contributed by atoms with Crippen LogP contribution in [0.3, 0.4) is 0 Å². The molecule has 47 heavy (non-hydrogen) atoms. The first-order valence-electron chi connectivity index (χ1n) is 15.7. The van der Waals surface area contributed by atoms with Crippen molar-refractivity contribution >= 4 is 57.4 Å². The van der Waals surface area contributed by atoms with E-state index in [9.17, 15) is 14.4 Å². The van der Waals surface area contributed by atoms with Crippen molar-refractivity contribution in [2.75, 3.05) is 22.9 Å². The monoisotopic (exact) mass is 662 g/mol. The fourth-order valence-corrected chi connectivity index (χ4v) is 7.82. The smallest absolute Gasteiger partial charge is 0.296 e. The molecule has 2 aliphatic heterocycles. The lowest BCUT2D eigenvalue weighted by molar-refractivity contribution is -0.113. The fourth-order valence-electron chi connectivity index (χ4n) is 6.57. The highest BCUT2D eigenvalue weighted by Crippen LogP contribution is 2.37. The number of thioether (sulfide) groups is 1. The summed E-state index contributed by atoms with van der Waals surface area (Å²) in [5.41, 5.74) is 4.01. The van der Waals surface area contributed by atoms with Gasteiger partial charge in [0, 0.05) is 26.3 Å².